The lowest BCUT2D eigenvalue weighted by molar-refractivity contribution is 0.0997. The number of nitrogens with zero attached hydrogens (tertiary/aromatic N) is 1. The van der Waals surface area contributed by atoms with Crippen LogP contribution in [0.1, 0.15) is 31.4 Å². The molecule has 2 amide bonds. The van der Waals surface area contributed by atoms with Crippen molar-refractivity contribution in [2.75, 3.05) is 19.5 Å². The van der Waals surface area contributed by atoms with E-state index in [0.717, 1.165) is 16.9 Å². The van der Waals surface area contributed by atoms with E-state index in [9.17, 15) is 14.0 Å². The van der Waals surface area contributed by atoms with Crippen LogP contribution in [-0.4, -0.2) is 31.0 Å². The molecule has 0 radical (unpaired) electrons. The first kappa shape index (κ1) is 20.3. The molecule has 0 saturated heterocycles. The number of anilines is 1. The molecule has 0 saturated carbocycles. The molecule has 3 rings (SSSR count). The predicted molar refractivity (Wildman–Crippen MR) is 107 cm³/mol. The Morgan fingerprint density at radius 3 is 2.59 bits per heavy atom. The van der Waals surface area contributed by atoms with Crippen LogP contribution >= 0.6 is 11.3 Å². The zero-order valence-electron chi connectivity index (χ0n) is 15.7. The van der Waals surface area contributed by atoms with Gasteiger partial charge in [0, 0.05) is 18.1 Å². The molecule has 2 aromatic carbocycles. The summed E-state index contributed by atoms with van der Waals surface area (Å²) in [5.74, 6) is -0.920. The third-order valence-electron chi connectivity index (χ3n) is 4.09. The summed E-state index contributed by atoms with van der Waals surface area (Å²) in [6.07, 6.45) is 0.341. The Labute approximate surface area is 170 Å². The van der Waals surface area contributed by atoms with Gasteiger partial charge in [0.2, 0.25) is 0 Å². The Bertz CT molecular complexity index is 1070. The molecule has 29 heavy (non-hydrogen) atoms. The number of nitrogens with two attached hydrogens (primary N) is 1. The fourth-order valence-corrected chi connectivity index (χ4v) is 3.66. The third kappa shape index (κ3) is 4.52. The first-order chi connectivity index (χ1) is 13.9. The maximum absolute atomic E-state index is 13.9. The zero-order chi connectivity index (χ0) is 21.0. The number of primary amides is 1. The number of hydrogen-bond donors (Lipinski definition) is 2. The molecule has 3 aromatic rings. The van der Waals surface area contributed by atoms with Gasteiger partial charge < -0.3 is 20.5 Å². The van der Waals surface area contributed by atoms with Crippen molar-refractivity contribution in [2.24, 2.45) is 5.73 Å². The van der Waals surface area contributed by atoms with E-state index in [4.69, 9.17) is 15.2 Å². The van der Waals surface area contributed by atoms with Gasteiger partial charge in [0.25, 0.3) is 11.8 Å². The van der Waals surface area contributed by atoms with Crippen LogP contribution in [0.2, 0.25) is 0 Å². The maximum atomic E-state index is 13.9. The summed E-state index contributed by atoms with van der Waals surface area (Å²) in [4.78, 5) is 28.4. The second kappa shape index (κ2) is 8.70. The smallest absolute Gasteiger partial charge is 0.270 e. The summed E-state index contributed by atoms with van der Waals surface area (Å²) in [6, 6.07) is 10.9. The minimum absolute atomic E-state index is 0.0813. The average molecular weight is 415 g/mol. The van der Waals surface area contributed by atoms with E-state index in [2.05, 4.69) is 10.3 Å². The molecule has 0 spiro atoms. The molecule has 1 aromatic heterocycles. The van der Waals surface area contributed by atoms with Crippen molar-refractivity contribution in [1.29, 1.82) is 0 Å². The Balaban J connectivity index is 1.89. The first-order valence-corrected chi connectivity index (χ1v) is 9.31. The van der Waals surface area contributed by atoms with Crippen LogP contribution < -0.4 is 20.5 Å². The van der Waals surface area contributed by atoms with Crippen molar-refractivity contribution in [3.8, 4) is 11.5 Å². The van der Waals surface area contributed by atoms with Gasteiger partial charge in [0.05, 0.1) is 19.8 Å². The van der Waals surface area contributed by atoms with Crippen molar-refractivity contribution in [1.82, 2.24) is 4.98 Å². The highest BCUT2D eigenvalue weighted by molar-refractivity contribution is 7.16. The standard InChI is InChI=1S/C20H18FN3O4S/c1-27-12-8-7-11(15(10-12)28-2)9-16-23-17(18(22)25)20(29-16)24-19(26)13-5-3-4-6-14(13)21/h3-8,10H,9H2,1-2H3,(H2,22,25)(H,24,26). The third-order valence-corrected chi connectivity index (χ3v) is 5.06. The fraction of sp³-hybridized carbons (Fsp3) is 0.150. The molecule has 0 bridgehead atoms. The van der Waals surface area contributed by atoms with Crippen LogP contribution in [0.25, 0.3) is 0 Å². The Morgan fingerprint density at radius 2 is 1.93 bits per heavy atom. The molecule has 150 valence electrons. The van der Waals surface area contributed by atoms with Gasteiger partial charge in [-0.1, -0.05) is 18.2 Å². The van der Waals surface area contributed by atoms with Gasteiger partial charge in [-0.3, -0.25) is 9.59 Å². The largest absolute Gasteiger partial charge is 0.497 e. The molecule has 0 unspecified atom stereocenters. The summed E-state index contributed by atoms with van der Waals surface area (Å²) in [5.41, 5.74) is 5.98. The van der Waals surface area contributed by atoms with E-state index in [0.29, 0.717) is 22.9 Å². The van der Waals surface area contributed by atoms with Crippen LogP contribution in [0, 0.1) is 5.82 Å². The van der Waals surface area contributed by atoms with Gasteiger partial charge in [-0.05, 0) is 18.2 Å². The molecule has 9 heteroatoms. The van der Waals surface area contributed by atoms with Crippen LogP contribution in [0.3, 0.4) is 0 Å². The van der Waals surface area contributed by atoms with Crippen molar-refractivity contribution in [2.45, 2.75) is 6.42 Å². The summed E-state index contributed by atoms with van der Waals surface area (Å²) >= 11 is 1.09. The van der Waals surface area contributed by atoms with Gasteiger partial charge in [0.15, 0.2) is 5.69 Å². The van der Waals surface area contributed by atoms with E-state index in [1.54, 1.807) is 25.3 Å². The molecule has 3 N–H and O–H groups in total. The van der Waals surface area contributed by atoms with Crippen LogP contribution in [0.5, 0.6) is 11.5 Å². The lowest BCUT2D eigenvalue weighted by Crippen LogP contribution is -2.18. The summed E-state index contributed by atoms with van der Waals surface area (Å²) in [6.45, 7) is 0. The Hall–Kier alpha value is -3.46. The van der Waals surface area contributed by atoms with Crippen molar-refractivity contribution in [3.05, 3.63) is 70.1 Å². The molecule has 0 aliphatic carbocycles. The minimum atomic E-state index is -0.793. The van der Waals surface area contributed by atoms with E-state index in [1.165, 1.54) is 25.3 Å². The van der Waals surface area contributed by atoms with Crippen molar-refractivity contribution in [3.63, 3.8) is 0 Å². The number of benzene rings is 2. The topological polar surface area (TPSA) is 104 Å². The summed E-state index contributed by atoms with van der Waals surface area (Å²) in [5, 5.41) is 3.22. The molecular formula is C20H18FN3O4S. The molecule has 0 atom stereocenters. The molecule has 0 fully saturated rings. The molecule has 1 heterocycles. The van der Waals surface area contributed by atoms with Crippen LogP contribution in [-0.2, 0) is 6.42 Å². The van der Waals surface area contributed by atoms with Crippen LogP contribution in [0.4, 0.5) is 9.39 Å². The fourth-order valence-electron chi connectivity index (χ4n) is 2.67. The van der Waals surface area contributed by atoms with E-state index in [1.807, 2.05) is 6.07 Å². The second-order valence-corrected chi connectivity index (χ2v) is 7.02. The number of carbonyl (C=O) groups excluding carboxylic acids is 2. The number of rotatable bonds is 7. The number of methoxy groups -OCH3 is 2. The number of thiazole rings is 1. The van der Waals surface area contributed by atoms with Gasteiger partial charge in [-0.2, -0.15) is 0 Å². The van der Waals surface area contributed by atoms with Gasteiger partial charge in [0.1, 0.15) is 27.3 Å². The predicted octanol–water partition coefficient (Wildman–Crippen LogP) is 3.24. The van der Waals surface area contributed by atoms with E-state index < -0.39 is 17.6 Å². The summed E-state index contributed by atoms with van der Waals surface area (Å²) < 4.78 is 24.4. The number of halogens is 1. The average Bonchev–Trinajstić information content (AvgIpc) is 3.11. The Morgan fingerprint density at radius 1 is 1.17 bits per heavy atom. The molecule has 0 aliphatic heterocycles. The quantitative estimate of drug-likeness (QED) is 0.617. The number of amides is 2. The number of aromatic nitrogens is 1. The zero-order valence-corrected chi connectivity index (χ0v) is 16.5. The van der Waals surface area contributed by atoms with Gasteiger partial charge in [-0.25, -0.2) is 9.37 Å². The number of carbonyl (C=O) groups is 2. The van der Waals surface area contributed by atoms with Crippen molar-refractivity contribution < 1.29 is 23.5 Å². The molecule has 0 aliphatic rings. The van der Waals surface area contributed by atoms with Crippen LogP contribution in [0.15, 0.2) is 42.5 Å². The number of hydrogen-bond acceptors (Lipinski definition) is 6. The SMILES string of the molecule is COc1ccc(Cc2nc(C(N)=O)c(NC(=O)c3ccccc3F)s2)c(OC)c1. The normalized spacial score (nSPS) is 10.4. The van der Waals surface area contributed by atoms with Gasteiger partial charge in [-0.15, -0.1) is 11.3 Å². The van der Waals surface area contributed by atoms with E-state index in [-0.39, 0.29) is 16.3 Å². The van der Waals surface area contributed by atoms with Gasteiger partial charge >= 0.3 is 0 Å². The number of nitrogens with one attached hydrogen (secondary N) is 1. The number of ether oxygens (including phenoxy) is 2. The lowest BCUT2D eigenvalue weighted by Gasteiger charge is -2.09. The monoisotopic (exact) mass is 415 g/mol. The Kier molecular flexibility index (Phi) is 6.08. The second-order valence-electron chi connectivity index (χ2n) is 5.94. The minimum Gasteiger partial charge on any atom is -0.497 e. The van der Waals surface area contributed by atoms with E-state index >= 15 is 0 Å². The summed E-state index contributed by atoms with van der Waals surface area (Å²) in [7, 11) is 3.09. The maximum Gasteiger partial charge on any atom is 0.270 e. The highest BCUT2D eigenvalue weighted by atomic mass is 32.1. The highest BCUT2D eigenvalue weighted by Crippen LogP contribution is 2.31. The first-order valence-electron chi connectivity index (χ1n) is 8.49. The molecule has 7 nitrogen and oxygen atoms in total. The van der Waals surface area contributed by atoms with Crippen molar-refractivity contribution >= 4 is 28.2 Å². The highest BCUT2D eigenvalue weighted by Gasteiger charge is 2.21. The lowest BCUT2D eigenvalue weighted by atomic mass is 10.1. The molecular weight excluding hydrogens is 397 g/mol.